The molecule has 15 nitrogen and oxygen atoms in total. The van der Waals surface area contributed by atoms with Crippen LogP contribution in [-0.2, 0) is 19.1 Å². The number of nitrogens with two attached hydrogens (primary N) is 1. The first-order valence-corrected chi connectivity index (χ1v) is 18.4. The van der Waals surface area contributed by atoms with Crippen LogP contribution in [0.2, 0.25) is 0 Å². The van der Waals surface area contributed by atoms with Crippen molar-refractivity contribution in [2.24, 2.45) is 5.73 Å². The van der Waals surface area contributed by atoms with Crippen molar-refractivity contribution in [2.75, 3.05) is 13.7 Å². The number of nitrogens with zero attached hydrogens (tertiary/aromatic N) is 4. The van der Waals surface area contributed by atoms with E-state index >= 15 is 0 Å². The first-order chi connectivity index (χ1) is 27.7. The Morgan fingerprint density at radius 3 is 2.09 bits per heavy atom. The molecule has 290 valence electrons. The molecule has 3 aromatic carbocycles. The first kappa shape index (κ1) is 38.0. The molecule has 0 spiro atoms. The van der Waals surface area contributed by atoms with E-state index in [1.54, 1.807) is 78.9 Å². The summed E-state index contributed by atoms with van der Waals surface area (Å²) in [6.07, 6.45) is 3.78. The van der Waals surface area contributed by atoms with Gasteiger partial charge < -0.3 is 40.7 Å². The predicted octanol–water partition coefficient (Wildman–Crippen LogP) is 6.30. The molecule has 0 bridgehead atoms. The number of hydrogen-bond acceptors (Lipinski definition) is 9. The standard InChI is InChI=1S/C42H41N9O6/c1-25(47-39(52)35(50-42(55)56-2)28-10-5-3-6-11-28)37-45-23-32(48-37)27-17-15-26(16-18-27)31-20-19-30(22-44-31)33-24-46-38(49-33)34-14-9-21-51(34)40(53)36(57-41(43)54)29-12-7-4-8-13-29/h3-8,10-13,15-20,22-25,34-36H,9,14,21H2,1-2H3,(H2,43,54)(H,45,48)(H,46,49)(H,47,52)(H,50,55)/t25-,34-,35+,36+/m0/s1. The van der Waals surface area contributed by atoms with E-state index in [-0.39, 0.29) is 11.9 Å². The average molecular weight is 768 g/mol. The van der Waals surface area contributed by atoms with E-state index in [0.717, 1.165) is 40.2 Å². The summed E-state index contributed by atoms with van der Waals surface area (Å²) in [4.78, 5) is 72.8. The summed E-state index contributed by atoms with van der Waals surface area (Å²) in [6, 6.07) is 27.7. The SMILES string of the molecule is COC(=O)N[C@@H](C(=O)N[C@@H](C)c1ncc(-c2ccc(-c3ccc(-c4cnc([C@@H]5CCCN5C(=O)[C@H](OC(N)=O)c5ccccc5)[nH]4)cn3)cc2)[nH]1)c1ccccc1. The number of aromatic nitrogens is 5. The zero-order chi connectivity index (χ0) is 39.9. The number of methoxy groups -OCH3 is 1. The molecule has 1 saturated heterocycles. The zero-order valence-corrected chi connectivity index (χ0v) is 31.2. The third-order valence-corrected chi connectivity index (χ3v) is 9.78. The van der Waals surface area contributed by atoms with Crippen LogP contribution in [0.3, 0.4) is 0 Å². The molecule has 1 fully saturated rings. The third-order valence-electron chi connectivity index (χ3n) is 9.78. The van der Waals surface area contributed by atoms with Gasteiger partial charge in [-0.3, -0.25) is 14.6 Å². The second-order valence-corrected chi connectivity index (χ2v) is 13.5. The predicted molar refractivity (Wildman–Crippen MR) is 210 cm³/mol. The van der Waals surface area contributed by atoms with Gasteiger partial charge in [0.15, 0.2) is 0 Å². The molecular weight excluding hydrogens is 727 g/mol. The van der Waals surface area contributed by atoms with Crippen molar-refractivity contribution < 1.29 is 28.7 Å². The monoisotopic (exact) mass is 767 g/mol. The molecule has 7 rings (SSSR count). The fourth-order valence-electron chi connectivity index (χ4n) is 6.86. The van der Waals surface area contributed by atoms with Gasteiger partial charge in [0, 0.05) is 29.4 Å². The summed E-state index contributed by atoms with van der Waals surface area (Å²) in [7, 11) is 1.24. The molecule has 57 heavy (non-hydrogen) atoms. The minimum atomic E-state index is -1.15. The van der Waals surface area contributed by atoms with Gasteiger partial charge in [0.1, 0.15) is 17.7 Å². The number of hydrogen-bond donors (Lipinski definition) is 5. The summed E-state index contributed by atoms with van der Waals surface area (Å²) >= 11 is 0. The lowest BCUT2D eigenvalue weighted by atomic mass is 10.1. The number of pyridine rings is 1. The van der Waals surface area contributed by atoms with E-state index in [0.29, 0.717) is 35.7 Å². The molecule has 4 atom stereocenters. The molecule has 1 aliphatic heterocycles. The second kappa shape index (κ2) is 17.0. The van der Waals surface area contributed by atoms with Gasteiger partial charge in [-0.05, 0) is 43.0 Å². The van der Waals surface area contributed by atoms with Crippen LogP contribution in [0.25, 0.3) is 33.8 Å². The molecule has 0 aliphatic carbocycles. The van der Waals surface area contributed by atoms with Crippen LogP contribution >= 0.6 is 0 Å². The number of primary amides is 1. The Hall–Kier alpha value is -7.29. The van der Waals surface area contributed by atoms with Gasteiger partial charge in [0.2, 0.25) is 12.0 Å². The van der Waals surface area contributed by atoms with Crippen LogP contribution in [0.5, 0.6) is 0 Å². The van der Waals surface area contributed by atoms with Crippen LogP contribution in [0, 0.1) is 0 Å². The number of ether oxygens (including phenoxy) is 2. The number of carbonyl (C=O) groups excluding carboxylic acids is 4. The summed E-state index contributed by atoms with van der Waals surface area (Å²) < 4.78 is 10.0. The van der Waals surface area contributed by atoms with Crippen LogP contribution in [0.4, 0.5) is 9.59 Å². The normalized spacial score (nSPS) is 15.3. The number of carbonyl (C=O) groups is 4. The number of aromatic amines is 2. The molecular formula is C42H41N9O6. The van der Waals surface area contributed by atoms with Gasteiger partial charge in [-0.2, -0.15) is 0 Å². The minimum Gasteiger partial charge on any atom is -0.453 e. The van der Waals surface area contributed by atoms with Crippen molar-refractivity contribution in [1.82, 2.24) is 40.5 Å². The van der Waals surface area contributed by atoms with Gasteiger partial charge in [-0.15, -0.1) is 0 Å². The molecule has 6 N–H and O–H groups in total. The summed E-state index contributed by atoms with van der Waals surface area (Å²) in [5, 5.41) is 5.51. The summed E-state index contributed by atoms with van der Waals surface area (Å²) in [6.45, 7) is 2.30. The van der Waals surface area contributed by atoms with E-state index in [2.05, 4.69) is 30.6 Å². The highest BCUT2D eigenvalue weighted by molar-refractivity contribution is 5.87. The van der Waals surface area contributed by atoms with Gasteiger partial charge in [0.25, 0.3) is 5.91 Å². The minimum absolute atomic E-state index is 0.324. The van der Waals surface area contributed by atoms with E-state index in [9.17, 15) is 19.2 Å². The average Bonchev–Trinajstić information content (AvgIpc) is 4.04. The Morgan fingerprint density at radius 2 is 1.42 bits per heavy atom. The van der Waals surface area contributed by atoms with Crippen molar-refractivity contribution in [3.05, 3.63) is 138 Å². The summed E-state index contributed by atoms with van der Waals surface area (Å²) in [5.74, 6) is 0.415. The zero-order valence-electron chi connectivity index (χ0n) is 31.2. The largest absolute Gasteiger partial charge is 0.453 e. The lowest BCUT2D eigenvalue weighted by Gasteiger charge is -2.27. The fourth-order valence-corrected chi connectivity index (χ4v) is 6.86. The maximum absolute atomic E-state index is 13.7. The van der Waals surface area contributed by atoms with Crippen molar-refractivity contribution in [2.45, 2.75) is 44.0 Å². The Balaban J connectivity index is 0.990. The molecule has 0 saturated carbocycles. The number of alkyl carbamates (subject to hydrolysis) is 1. The van der Waals surface area contributed by atoms with Gasteiger partial charge in [-0.1, -0.05) is 84.9 Å². The van der Waals surface area contributed by atoms with E-state index < -0.39 is 36.3 Å². The van der Waals surface area contributed by atoms with Crippen molar-refractivity contribution in [3.63, 3.8) is 0 Å². The molecule has 15 heteroatoms. The summed E-state index contributed by atoms with van der Waals surface area (Å²) in [5.41, 5.74) is 11.4. The lowest BCUT2D eigenvalue weighted by Crippen LogP contribution is -2.41. The van der Waals surface area contributed by atoms with Crippen LogP contribution in [-0.4, -0.2) is 67.5 Å². The van der Waals surface area contributed by atoms with Crippen molar-refractivity contribution in [1.29, 1.82) is 0 Å². The number of H-pyrrole nitrogens is 2. The molecule has 4 amide bonds. The van der Waals surface area contributed by atoms with Gasteiger partial charge in [-0.25, -0.2) is 19.6 Å². The second-order valence-electron chi connectivity index (χ2n) is 13.5. The van der Waals surface area contributed by atoms with E-state index in [4.69, 9.17) is 20.2 Å². The molecule has 6 aromatic rings. The molecule has 0 radical (unpaired) electrons. The van der Waals surface area contributed by atoms with Crippen LogP contribution < -0.4 is 16.4 Å². The highest BCUT2D eigenvalue weighted by Crippen LogP contribution is 2.35. The highest BCUT2D eigenvalue weighted by atomic mass is 16.6. The number of imidazole rings is 2. The molecule has 1 aliphatic rings. The Morgan fingerprint density at radius 1 is 0.772 bits per heavy atom. The quantitative estimate of drug-likeness (QED) is 0.0944. The van der Waals surface area contributed by atoms with Gasteiger partial charge in [0.05, 0.1) is 48.7 Å². The Kier molecular flexibility index (Phi) is 11.3. The number of benzene rings is 3. The molecule has 4 heterocycles. The molecule has 3 aromatic heterocycles. The maximum atomic E-state index is 13.7. The molecule has 0 unspecified atom stereocenters. The van der Waals surface area contributed by atoms with E-state index in [1.807, 2.05) is 48.5 Å². The smallest absolute Gasteiger partial charge is 0.407 e. The van der Waals surface area contributed by atoms with Crippen LogP contribution in [0.15, 0.2) is 116 Å². The fraction of sp³-hybridized carbons (Fsp3) is 0.214. The number of nitrogens with one attached hydrogen (secondary N) is 4. The van der Waals surface area contributed by atoms with E-state index in [1.165, 1.54) is 7.11 Å². The van der Waals surface area contributed by atoms with Gasteiger partial charge >= 0.3 is 12.2 Å². The van der Waals surface area contributed by atoms with Crippen molar-refractivity contribution >= 4 is 24.0 Å². The maximum Gasteiger partial charge on any atom is 0.407 e. The topological polar surface area (TPSA) is 210 Å². The third kappa shape index (κ3) is 8.67. The number of amides is 4. The Bertz CT molecular complexity index is 2330. The highest BCUT2D eigenvalue weighted by Gasteiger charge is 2.38. The van der Waals surface area contributed by atoms with Crippen molar-refractivity contribution in [3.8, 4) is 33.8 Å². The first-order valence-electron chi connectivity index (χ1n) is 18.4. The number of likely N-dealkylation sites (tertiary alicyclic amines) is 1. The Labute approximate surface area is 328 Å². The lowest BCUT2D eigenvalue weighted by molar-refractivity contribution is -0.141. The number of rotatable bonds is 12. The van der Waals surface area contributed by atoms with Crippen LogP contribution in [0.1, 0.15) is 66.8 Å².